The smallest absolute Gasteiger partial charge is 0.244 e. The van der Waals surface area contributed by atoms with Crippen LogP contribution in [0.1, 0.15) is 56.6 Å². The average molecular weight is 478 g/mol. The zero-order chi connectivity index (χ0) is 23.6. The zero-order valence-corrected chi connectivity index (χ0v) is 20.4. The number of amides is 1. The van der Waals surface area contributed by atoms with Crippen molar-refractivity contribution in [2.24, 2.45) is 5.92 Å². The number of rotatable bonds is 6. The van der Waals surface area contributed by atoms with Gasteiger partial charge in [-0.05, 0) is 60.7 Å². The highest BCUT2D eigenvalue weighted by molar-refractivity contribution is 7.99. The highest BCUT2D eigenvalue weighted by Crippen LogP contribution is 2.28. The molecule has 2 aromatic rings. The molecule has 2 unspecified atom stereocenters. The Balaban J connectivity index is 1.35. The lowest BCUT2D eigenvalue weighted by atomic mass is 9.91. The van der Waals surface area contributed by atoms with E-state index in [0.29, 0.717) is 0 Å². The van der Waals surface area contributed by atoms with Gasteiger partial charge in [0.2, 0.25) is 5.91 Å². The second kappa shape index (κ2) is 12.8. The van der Waals surface area contributed by atoms with Crippen LogP contribution in [-0.2, 0) is 4.79 Å². The van der Waals surface area contributed by atoms with Crippen LogP contribution in [0.2, 0.25) is 0 Å². The Hall–Kier alpha value is -2.54. The minimum Gasteiger partial charge on any atom is -0.385 e. The largest absolute Gasteiger partial charge is 0.385 e. The van der Waals surface area contributed by atoms with E-state index >= 15 is 0 Å². The van der Waals surface area contributed by atoms with E-state index in [2.05, 4.69) is 52.3 Å². The van der Waals surface area contributed by atoms with E-state index in [1.54, 1.807) is 11.8 Å². The number of anilines is 1. The fraction of sp³-hybridized carbons (Fsp3) is 0.393. The van der Waals surface area contributed by atoms with Crippen molar-refractivity contribution in [1.82, 2.24) is 10.6 Å². The number of aliphatic hydroxyl groups is 1. The Bertz CT molecular complexity index is 961. The van der Waals surface area contributed by atoms with Crippen molar-refractivity contribution in [2.45, 2.75) is 67.1 Å². The van der Waals surface area contributed by atoms with Crippen molar-refractivity contribution < 1.29 is 9.90 Å². The third kappa shape index (κ3) is 7.49. The van der Waals surface area contributed by atoms with E-state index in [1.165, 1.54) is 55.5 Å². The molecule has 2 atom stereocenters. The summed E-state index contributed by atoms with van der Waals surface area (Å²) in [5.74, 6) is 0.568. The number of benzene rings is 1. The summed E-state index contributed by atoms with van der Waals surface area (Å²) in [5.41, 5.74) is 1.99. The lowest BCUT2D eigenvalue weighted by Crippen LogP contribution is -2.31. The number of hydrogen-bond donors (Lipinski definition) is 4. The molecule has 0 spiro atoms. The molecule has 1 aliphatic heterocycles. The van der Waals surface area contributed by atoms with Gasteiger partial charge in [0.25, 0.3) is 0 Å². The first-order valence-corrected chi connectivity index (χ1v) is 13.2. The molecular weight excluding hydrogens is 442 g/mol. The third-order valence-corrected chi connectivity index (χ3v) is 7.44. The Labute approximate surface area is 207 Å². The summed E-state index contributed by atoms with van der Waals surface area (Å²) in [6, 6.07) is 23.8. The van der Waals surface area contributed by atoms with E-state index < -0.39 is 12.4 Å². The normalized spacial score (nSPS) is 21.1. The molecule has 0 radical (unpaired) electrons. The maximum absolute atomic E-state index is 12.0. The SMILES string of the molecule is O=C1NC(O)NC1c1ccccc(Sc2ccc(NCC3CCCCCCC3)cc2)cccc1. The molecule has 180 valence electrons. The standard InChI is InChI=1S/C28H35N3O2S/c32-27-26(30-28(33)31-27)22-12-6-8-14-24(15-9-7-13-22)34-25-18-16-23(17-19-25)29-20-21-10-4-2-1-3-5-11-21/h6-9,12-19,21,26,28-30,33H,1-5,10-11,20H2,(H,31,32). The van der Waals surface area contributed by atoms with Gasteiger partial charge in [0.05, 0.1) is 0 Å². The van der Waals surface area contributed by atoms with Crippen molar-refractivity contribution >= 4 is 23.4 Å². The Morgan fingerprint density at radius 2 is 1.41 bits per heavy atom. The van der Waals surface area contributed by atoms with Gasteiger partial charge in [-0.15, -0.1) is 0 Å². The summed E-state index contributed by atoms with van der Waals surface area (Å²) in [5, 5.41) is 18.5. The predicted octanol–water partition coefficient (Wildman–Crippen LogP) is 5.77. The summed E-state index contributed by atoms with van der Waals surface area (Å²) >= 11 is 1.72. The van der Waals surface area contributed by atoms with Crippen LogP contribution in [0.25, 0.3) is 0 Å². The molecule has 0 aromatic heterocycles. The Morgan fingerprint density at radius 1 is 0.824 bits per heavy atom. The fourth-order valence-corrected chi connectivity index (χ4v) is 5.37. The molecule has 1 saturated carbocycles. The first-order chi connectivity index (χ1) is 16.7. The van der Waals surface area contributed by atoms with Crippen LogP contribution in [0.4, 0.5) is 5.69 Å². The van der Waals surface area contributed by atoms with Crippen LogP contribution < -0.4 is 16.0 Å². The van der Waals surface area contributed by atoms with E-state index in [1.807, 2.05) is 36.4 Å². The molecule has 0 bridgehead atoms. The second-order valence-electron chi connectivity index (χ2n) is 9.07. The van der Waals surface area contributed by atoms with Gasteiger partial charge in [-0.3, -0.25) is 10.1 Å². The molecule has 4 N–H and O–H groups in total. The average Bonchev–Trinajstić information content (AvgIpc) is 3.16. The van der Waals surface area contributed by atoms with Crippen LogP contribution >= 0.6 is 11.8 Å². The molecule has 5 nitrogen and oxygen atoms in total. The van der Waals surface area contributed by atoms with E-state index in [0.717, 1.165) is 22.9 Å². The van der Waals surface area contributed by atoms with Gasteiger partial charge < -0.3 is 15.7 Å². The molecule has 2 aromatic carbocycles. The van der Waals surface area contributed by atoms with Crippen LogP contribution in [0.15, 0.2) is 82.6 Å². The van der Waals surface area contributed by atoms with Gasteiger partial charge in [0, 0.05) is 22.0 Å². The van der Waals surface area contributed by atoms with Crippen molar-refractivity contribution in [1.29, 1.82) is 0 Å². The second-order valence-corrected chi connectivity index (χ2v) is 10.2. The Kier molecular flexibility index (Phi) is 9.25. The first kappa shape index (κ1) is 24.6. The van der Waals surface area contributed by atoms with Gasteiger partial charge in [-0.25, -0.2) is 0 Å². The minimum absolute atomic E-state index is 0.229. The molecule has 1 amide bonds. The van der Waals surface area contributed by atoms with Crippen LogP contribution in [0.5, 0.6) is 0 Å². The number of hydrogen-bond acceptors (Lipinski definition) is 5. The molecule has 1 saturated heterocycles. The van der Waals surface area contributed by atoms with Crippen molar-refractivity contribution in [2.75, 3.05) is 11.9 Å². The van der Waals surface area contributed by atoms with Crippen LogP contribution in [0.3, 0.4) is 0 Å². The van der Waals surface area contributed by atoms with Crippen LogP contribution in [0, 0.1) is 5.92 Å². The van der Waals surface area contributed by atoms with Gasteiger partial charge in [0.1, 0.15) is 6.04 Å². The van der Waals surface area contributed by atoms with Gasteiger partial charge in [-0.1, -0.05) is 80.3 Å². The molecule has 2 aliphatic rings. The quantitative estimate of drug-likeness (QED) is 0.425. The van der Waals surface area contributed by atoms with Gasteiger partial charge in [-0.2, -0.15) is 0 Å². The summed E-state index contributed by atoms with van der Waals surface area (Å²) in [4.78, 5) is 14.3. The zero-order valence-electron chi connectivity index (χ0n) is 19.6. The number of carbonyl (C=O) groups is 1. The maximum Gasteiger partial charge on any atom is 0.244 e. The molecule has 1 aliphatic carbocycles. The van der Waals surface area contributed by atoms with Crippen molar-refractivity contribution in [3.8, 4) is 0 Å². The molecule has 4 rings (SSSR count). The number of carbonyl (C=O) groups excluding carboxylic acids is 1. The summed E-state index contributed by atoms with van der Waals surface area (Å²) in [7, 11) is 0. The molecule has 2 fully saturated rings. The highest BCUT2D eigenvalue weighted by Gasteiger charge is 2.30. The topological polar surface area (TPSA) is 73.4 Å². The lowest BCUT2D eigenvalue weighted by Gasteiger charge is -2.20. The Morgan fingerprint density at radius 3 is 2.03 bits per heavy atom. The number of nitrogens with one attached hydrogen (secondary N) is 3. The molecule has 1 heterocycles. The van der Waals surface area contributed by atoms with Gasteiger partial charge in [0.15, 0.2) is 6.35 Å². The van der Waals surface area contributed by atoms with Crippen molar-refractivity contribution in [3.63, 3.8) is 0 Å². The van der Waals surface area contributed by atoms with E-state index in [-0.39, 0.29) is 5.91 Å². The molecule has 6 heteroatoms. The van der Waals surface area contributed by atoms with Crippen molar-refractivity contribution in [3.05, 3.63) is 78.4 Å². The molecular formula is C28H35N3O2S. The summed E-state index contributed by atoms with van der Waals surface area (Å²) in [6.45, 7) is 1.07. The lowest BCUT2D eigenvalue weighted by molar-refractivity contribution is -0.121. The van der Waals surface area contributed by atoms with E-state index in [4.69, 9.17) is 0 Å². The monoisotopic (exact) mass is 477 g/mol. The highest BCUT2D eigenvalue weighted by atomic mass is 32.2. The maximum atomic E-state index is 12.0. The van der Waals surface area contributed by atoms with Crippen LogP contribution in [-0.4, -0.2) is 23.9 Å². The fourth-order valence-electron chi connectivity index (χ4n) is 4.53. The number of aliphatic hydroxyl groups excluding tert-OH is 1. The predicted molar refractivity (Wildman–Crippen MR) is 139 cm³/mol. The summed E-state index contributed by atoms with van der Waals surface area (Å²) in [6.07, 6.45) is 8.66. The minimum atomic E-state index is -1.01. The third-order valence-electron chi connectivity index (χ3n) is 6.43. The first-order valence-electron chi connectivity index (χ1n) is 12.4. The van der Waals surface area contributed by atoms with E-state index in [9.17, 15) is 9.90 Å². The molecule has 34 heavy (non-hydrogen) atoms. The summed E-state index contributed by atoms with van der Waals surface area (Å²) < 4.78 is 0. The van der Waals surface area contributed by atoms with Gasteiger partial charge >= 0.3 is 0 Å².